The van der Waals surface area contributed by atoms with Gasteiger partial charge in [-0.05, 0) is 62.0 Å². The highest BCUT2D eigenvalue weighted by atomic mass is 32.1. The van der Waals surface area contributed by atoms with Crippen LogP contribution in [-0.2, 0) is 0 Å². The number of rotatable bonds is 6. The van der Waals surface area contributed by atoms with Crippen LogP contribution in [0.1, 0.15) is 12.5 Å². The van der Waals surface area contributed by atoms with Crippen LogP contribution >= 0.6 is 12.2 Å². The van der Waals surface area contributed by atoms with Crippen molar-refractivity contribution in [3.63, 3.8) is 0 Å². The minimum atomic E-state index is 0.0484. The quantitative estimate of drug-likeness (QED) is 0.621. The van der Waals surface area contributed by atoms with Gasteiger partial charge in [-0.25, -0.2) is 0 Å². The second kappa shape index (κ2) is 8.68. The van der Waals surface area contributed by atoms with Crippen molar-refractivity contribution in [2.75, 3.05) is 19.0 Å². The van der Waals surface area contributed by atoms with Gasteiger partial charge in [0.15, 0.2) is 5.11 Å². The van der Waals surface area contributed by atoms with Crippen molar-refractivity contribution in [1.29, 1.82) is 0 Å². The molecule has 3 aromatic rings. The Labute approximate surface area is 164 Å². The zero-order chi connectivity index (χ0) is 19.2. The summed E-state index contributed by atoms with van der Waals surface area (Å²) in [6, 6.07) is 15.7. The van der Waals surface area contributed by atoms with Gasteiger partial charge in [-0.1, -0.05) is 18.2 Å². The predicted molar refractivity (Wildman–Crippen MR) is 114 cm³/mol. The maximum Gasteiger partial charge on any atom is 0.171 e. The lowest BCUT2D eigenvalue weighted by atomic mass is 10.1. The Morgan fingerprint density at radius 2 is 1.93 bits per heavy atom. The summed E-state index contributed by atoms with van der Waals surface area (Å²) in [4.78, 5) is 4.40. The molecule has 5 nitrogen and oxygen atoms in total. The van der Waals surface area contributed by atoms with E-state index >= 15 is 0 Å². The minimum Gasteiger partial charge on any atom is -0.494 e. The molecule has 27 heavy (non-hydrogen) atoms. The zero-order valence-electron chi connectivity index (χ0n) is 15.7. The Morgan fingerprint density at radius 1 is 1.11 bits per heavy atom. The van der Waals surface area contributed by atoms with Gasteiger partial charge in [0.25, 0.3) is 0 Å². The van der Waals surface area contributed by atoms with Crippen LogP contribution in [0.2, 0.25) is 0 Å². The molecule has 0 fully saturated rings. The monoisotopic (exact) mass is 381 g/mol. The van der Waals surface area contributed by atoms with Crippen LogP contribution in [0, 0.1) is 6.92 Å². The average Bonchev–Trinajstić information content (AvgIpc) is 2.67. The van der Waals surface area contributed by atoms with Crippen LogP contribution in [-0.4, -0.2) is 29.9 Å². The molecule has 0 unspecified atom stereocenters. The van der Waals surface area contributed by atoms with E-state index in [1.807, 2.05) is 62.4 Å². The molecule has 1 aromatic heterocycles. The van der Waals surface area contributed by atoms with E-state index in [-0.39, 0.29) is 6.04 Å². The van der Waals surface area contributed by atoms with Gasteiger partial charge in [0, 0.05) is 17.3 Å². The first-order valence-corrected chi connectivity index (χ1v) is 9.17. The first-order chi connectivity index (χ1) is 13.1. The number of hydrogen-bond donors (Lipinski definition) is 2. The van der Waals surface area contributed by atoms with Crippen LogP contribution in [0.4, 0.5) is 5.69 Å². The fraction of sp³-hybridized carbons (Fsp3) is 0.238. The van der Waals surface area contributed by atoms with Gasteiger partial charge in [0.2, 0.25) is 0 Å². The molecular formula is C21H23N3O2S. The second-order valence-corrected chi connectivity index (χ2v) is 6.70. The van der Waals surface area contributed by atoms with Gasteiger partial charge < -0.3 is 20.1 Å². The van der Waals surface area contributed by atoms with Gasteiger partial charge >= 0.3 is 0 Å². The Hall–Kier alpha value is -2.86. The molecule has 0 saturated carbocycles. The predicted octanol–water partition coefficient (Wildman–Crippen LogP) is 4.31. The van der Waals surface area contributed by atoms with Crippen molar-refractivity contribution < 1.29 is 9.47 Å². The van der Waals surface area contributed by atoms with Crippen molar-refractivity contribution in [1.82, 2.24) is 10.3 Å². The summed E-state index contributed by atoms with van der Waals surface area (Å²) in [7, 11) is 1.64. The maximum atomic E-state index is 5.87. The third-order valence-corrected chi connectivity index (χ3v) is 4.38. The van der Waals surface area contributed by atoms with Crippen molar-refractivity contribution in [2.24, 2.45) is 0 Å². The van der Waals surface area contributed by atoms with Crippen molar-refractivity contribution in [3.8, 4) is 11.5 Å². The zero-order valence-corrected chi connectivity index (χ0v) is 16.5. The number of nitrogens with one attached hydrogen (secondary N) is 2. The molecule has 1 atom stereocenters. The molecule has 2 aromatic carbocycles. The number of pyridine rings is 1. The Morgan fingerprint density at radius 3 is 2.70 bits per heavy atom. The number of benzene rings is 2. The summed E-state index contributed by atoms with van der Waals surface area (Å²) in [6.07, 6.45) is 1.75. The van der Waals surface area contributed by atoms with E-state index in [0.29, 0.717) is 11.7 Å². The lowest BCUT2D eigenvalue weighted by molar-refractivity contribution is 0.285. The first-order valence-electron chi connectivity index (χ1n) is 8.76. The molecular weight excluding hydrogens is 358 g/mol. The van der Waals surface area contributed by atoms with Crippen LogP contribution in [0.25, 0.3) is 10.9 Å². The molecule has 3 rings (SSSR count). The molecule has 0 spiro atoms. The van der Waals surface area contributed by atoms with Crippen LogP contribution in [0.15, 0.2) is 54.7 Å². The summed E-state index contributed by atoms with van der Waals surface area (Å²) >= 11 is 5.46. The Kier molecular flexibility index (Phi) is 6.08. The third kappa shape index (κ3) is 4.65. The number of fused-ring (bicyclic) bond motifs is 1. The van der Waals surface area contributed by atoms with Gasteiger partial charge in [-0.15, -0.1) is 0 Å². The molecule has 140 valence electrons. The van der Waals surface area contributed by atoms with E-state index in [9.17, 15) is 0 Å². The van der Waals surface area contributed by atoms with Gasteiger partial charge in [-0.3, -0.25) is 4.98 Å². The molecule has 0 aliphatic carbocycles. The topological polar surface area (TPSA) is 55.4 Å². The molecule has 1 heterocycles. The number of methoxy groups -OCH3 is 1. The molecule has 0 radical (unpaired) electrons. The number of aromatic nitrogens is 1. The van der Waals surface area contributed by atoms with Crippen LogP contribution in [0.5, 0.6) is 11.5 Å². The summed E-state index contributed by atoms with van der Waals surface area (Å²) in [5.41, 5.74) is 2.79. The average molecular weight is 382 g/mol. The third-order valence-electron chi connectivity index (χ3n) is 4.16. The molecule has 0 bridgehead atoms. The van der Waals surface area contributed by atoms with Crippen molar-refractivity contribution in [3.05, 3.63) is 60.3 Å². The molecule has 0 amide bonds. The summed E-state index contributed by atoms with van der Waals surface area (Å²) in [6.45, 7) is 4.57. The molecule has 2 N–H and O–H groups in total. The van der Waals surface area contributed by atoms with Gasteiger partial charge in [-0.2, -0.15) is 0 Å². The molecule has 6 heteroatoms. The van der Waals surface area contributed by atoms with E-state index in [2.05, 4.69) is 15.6 Å². The minimum absolute atomic E-state index is 0.0484. The first kappa shape index (κ1) is 18.9. The smallest absolute Gasteiger partial charge is 0.171 e. The number of hydrogen-bond acceptors (Lipinski definition) is 4. The van der Waals surface area contributed by atoms with E-state index in [1.54, 1.807) is 13.3 Å². The van der Waals surface area contributed by atoms with E-state index < -0.39 is 0 Å². The van der Waals surface area contributed by atoms with Crippen LogP contribution in [0.3, 0.4) is 0 Å². The van der Waals surface area contributed by atoms with E-state index in [0.717, 1.165) is 33.7 Å². The SMILES string of the molecule is COc1ccc(NC(=S)N[C@@H](C)COc2ccccc2C)c2cccnc12. The van der Waals surface area contributed by atoms with Gasteiger partial charge in [0.05, 0.1) is 13.2 Å². The molecule has 0 saturated heterocycles. The molecule has 0 aliphatic rings. The van der Waals surface area contributed by atoms with Gasteiger partial charge in [0.1, 0.15) is 23.6 Å². The standard InChI is InChI=1S/C21H23N3O2S/c1-14-7-4-5-9-18(14)26-13-15(2)23-21(27)24-17-10-11-19(25-3)20-16(17)8-6-12-22-20/h4-12,15H,13H2,1-3H3,(H2,23,24,27)/t15-/m0/s1. The highest BCUT2D eigenvalue weighted by Crippen LogP contribution is 2.29. The lowest BCUT2D eigenvalue weighted by Gasteiger charge is -2.19. The Bertz CT molecular complexity index is 946. The summed E-state index contributed by atoms with van der Waals surface area (Å²) in [5, 5.41) is 7.98. The van der Waals surface area contributed by atoms with Crippen LogP contribution < -0.4 is 20.1 Å². The highest BCUT2D eigenvalue weighted by Gasteiger charge is 2.10. The number of anilines is 1. The fourth-order valence-electron chi connectivity index (χ4n) is 2.78. The normalized spacial score (nSPS) is 11.7. The number of ether oxygens (including phenoxy) is 2. The molecule has 0 aliphatic heterocycles. The number of para-hydroxylation sites is 1. The summed E-state index contributed by atoms with van der Waals surface area (Å²) < 4.78 is 11.3. The highest BCUT2D eigenvalue weighted by molar-refractivity contribution is 7.80. The summed E-state index contributed by atoms with van der Waals surface area (Å²) in [5.74, 6) is 1.62. The van der Waals surface area contributed by atoms with E-state index in [1.165, 1.54) is 0 Å². The largest absolute Gasteiger partial charge is 0.494 e. The maximum absolute atomic E-state index is 5.87. The number of aryl methyl sites for hydroxylation is 1. The van der Waals surface area contributed by atoms with Crippen molar-refractivity contribution >= 4 is 33.9 Å². The lowest BCUT2D eigenvalue weighted by Crippen LogP contribution is -2.39. The Balaban J connectivity index is 1.62. The van der Waals surface area contributed by atoms with Crippen molar-refractivity contribution in [2.45, 2.75) is 19.9 Å². The second-order valence-electron chi connectivity index (χ2n) is 6.29. The van der Waals surface area contributed by atoms with E-state index in [4.69, 9.17) is 21.7 Å². The number of thiocarbonyl (C=S) groups is 1. The fourth-order valence-corrected chi connectivity index (χ4v) is 3.09. The number of nitrogens with zero attached hydrogens (tertiary/aromatic N) is 1.